The molecule has 1 aromatic rings. The van der Waals surface area contributed by atoms with E-state index in [1.165, 1.54) is 26.0 Å². The van der Waals surface area contributed by atoms with E-state index < -0.39 is 35.4 Å². The molecule has 0 radical (unpaired) electrons. The number of hydrogen-bond donors (Lipinski definition) is 2. The van der Waals surface area contributed by atoms with Crippen molar-refractivity contribution in [1.29, 1.82) is 0 Å². The van der Waals surface area contributed by atoms with Gasteiger partial charge in [-0.05, 0) is 29.5 Å². The number of nitrogens with one attached hydrogen (secondary N) is 1. The van der Waals surface area contributed by atoms with Crippen LogP contribution in [0, 0.1) is 11.8 Å². The monoisotopic (exact) mass is 379 g/mol. The van der Waals surface area contributed by atoms with Gasteiger partial charge in [-0.25, -0.2) is 4.79 Å². The van der Waals surface area contributed by atoms with Crippen LogP contribution in [-0.4, -0.2) is 28.7 Å². The first-order valence-corrected chi connectivity index (χ1v) is 8.10. The highest BCUT2D eigenvalue weighted by Gasteiger charge is 2.55. The van der Waals surface area contributed by atoms with Crippen LogP contribution in [0.15, 0.2) is 24.3 Å². The molecule has 0 saturated heterocycles. The molecule has 140 valence electrons. The molecule has 0 aromatic heterocycles. The van der Waals surface area contributed by atoms with E-state index in [0.29, 0.717) is 10.6 Å². The molecule has 1 amide bonds. The normalized spacial score (nSPS) is 15.8. The molecule has 2 N–H and O–H groups in total. The highest BCUT2D eigenvalue weighted by atomic mass is 35.5. The topological polar surface area (TPSA) is 66.4 Å². The highest BCUT2D eigenvalue weighted by molar-refractivity contribution is 6.30. The van der Waals surface area contributed by atoms with E-state index in [9.17, 15) is 27.9 Å². The maximum atomic E-state index is 12.8. The van der Waals surface area contributed by atoms with Crippen molar-refractivity contribution in [1.82, 2.24) is 5.32 Å². The summed E-state index contributed by atoms with van der Waals surface area (Å²) in [5.74, 6) is -5.86. The summed E-state index contributed by atoms with van der Waals surface area (Å²) in [5, 5.41) is 12.0. The number of halogens is 4. The first-order chi connectivity index (χ1) is 11.3. The van der Waals surface area contributed by atoms with Crippen molar-refractivity contribution in [2.75, 3.05) is 0 Å². The number of carboxylic acid groups (broad SMARTS) is 1. The van der Waals surface area contributed by atoms with Crippen LogP contribution in [0.3, 0.4) is 0 Å². The summed E-state index contributed by atoms with van der Waals surface area (Å²) in [7, 11) is 0. The Labute approximate surface area is 149 Å². The van der Waals surface area contributed by atoms with Crippen LogP contribution in [0.5, 0.6) is 0 Å². The second kappa shape index (κ2) is 7.64. The quantitative estimate of drug-likeness (QED) is 0.777. The first-order valence-electron chi connectivity index (χ1n) is 7.72. The second-order valence-electron chi connectivity index (χ2n) is 6.55. The predicted octanol–water partition coefficient (Wildman–Crippen LogP) is 4.24. The van der Waals surface area contributed by atoms with E-state index in [0.717, 1.165) is 0 Å². The maximum Gasteiger partial charge on any atom is 0.471 e. The predicted molar refractivity (Wildman–Crippen MR) is 88.4 cm³/mol. The van der Waals surface area contributed by atoms with Gasteiger partial charge in [0.1, 0.15) is 5.54 Å². The standard InChI is InChI=1S/C17H21ClF3NO3/c1-9(2)13(11-5-7-12(18)8-6-11)16(10(3)4,15(24)25)22-14(23)17(19,20)21/h5-10,13H,1-4H3,(H,22,23)(H,24,25). The molecule has 0 heterocycles. The van der Waals surface area contributed by atoms with E-state index in [-0.39, 0.29) is 5.92 Å². The van der Waals surface area contributed by atoms with Gasteiger partial charge >= 0.3 is 18.1 Å². The van der Waals surface area contributed by atoms with Crippen LogP contribution in [0.1, 0.15) is 39.2 Å². The van der Waals surface area contributed by atoms with Crippen molar-refractivity contribution in [2.45, 2.75) is 45.3 Å². The lowest BCUT2D eigenvalue weighted by Gasteiger charge is -2.43. The van der Waals surface area contributed by atoms with Crippen LogP contribution in [0.25, 0.3) is 0 Å². The third kappa shape index (κ3) is 4.45. The van der Waals surface area contributed by atoms with E-state index in [2.05, 4.69) is 0 Å². The Morgan fingerprint density at radius 3 is 1.88 bits per heavy atom. The lowest BCUT2D eigenvalue weighted by Crippen LogP contribution is -2.64. The summed E-state index contributed by atoms with van der Waals surface area (Å²) in [5.41, 5.74) is -1.65. The zero-order valence-corrected chi connectivity index (χ0v) is 15.1. The summed E-state index contributed by atoms with van der Waals surface area (Å²) in [6.45, 7) is 6.32. The molecular formula is C17H21ClF3NO3. The molecular weight excluding hydrogens is 359 g/mol. The Balaban J connectivity index is 3.57. The fourth-order valence-corrected chi connectivity index (χ4v) is 3.24. The van der Waals surface area contributed by atoms with E-state index in [1.54, 1.807) is 31.3 Å². The van der Waals surface area contributed by atoms with Crippen LogP contribution in [0.2, 0.25) is 5.02 Å². The number of carbonyl (C=O) groups excluding carboxylic acids is 1. The van der Waals surface area contributed by atoms with Crippen LogP contribution in [0.4, 0.5) is 13.2 Å². The highest BCUT2D eigenvalue weighted by Crippen LogP contribution is 2.41. The fraction of sp³-hybridized carbons (Fsp3) is 0.529. The van der Waals surface area contributed by atoms with Gasteiger partial charge in [0.05, 0.1) is 0 Å². The Kier molecular flexibility index (Phi) is 6.50. The zero-order valence-electron chi connectivity index (χ0n) is 14.3. The second-order valence-corrected chi connectivity index (χ2v) is 6.99. The molecule has 0 fully saturated rings. The number of aliphatic carboxylic acids is 1. The molecule has 2 unspecified atom stereocenters. The molecule has 1 rings (SSSR count). The molecule has 2 atom stereocenters. The first kappa shape index (κ1) is 21.3. The van der Waals surface area contributed by atoms with Crippen LogP contribution in [-0.2, 0) is 9.59 Å². The summed E-state index contributed by atoms with van der Waals surface area (Å²) in [6, 6.07) is 6.19. The summed E-state index contributed by atoms with van der Waals surface area (Å²) in [6.07, 6.45) is -5.18. The number of benzene rings is 1. The van der Waals surface area contributed by atoms with Crippen molar-refractivity contribution < 1.29 is 27.9 Å². The maximum absolute atomic E-state index is 12.8. The van der Waals surface area contributed by atoms with Gasteiger partial charge in [-0.3, -0.25) is 4.79 Å². The third-order valence-corrected chi connectivity index (χ3v) is 4.48. The lowest BCUT2D eigenvalue weighted by atomic mass is 9.67. The number of carboxylic acids is 1. The van der Waals surface area contributed by atoms with E-state index in [1.807, 2.05) is 0 Å². The van der Waals surface area contributed by atoms with Crippen molar-refractivity contribution in [3.05, 3.63) is 34.9 Å². The minimum absolute atomic E-state index is 0.367. The fourth-order valence-electron chi connectivity index (χ4n) is 3.12. The zero-order chi connectivity index (χ0) is 19.6. The molecule has 8 heteroatoms. The molecule has 1 aromatic carbocycles. The minimum atomic E-state index is -5.18. The Morgan fingerprint density at radius 1 is 1.08 bits per heavy atom. The van der Waals surface area contributed by atoms with E-state index in [4.69, 9.17) is 11.6 Å². The van der Waals surface area contributed by atoms with Gasteiger partial charge in [0, 0.05) is 10.9 Å². The molecule has 0 bridgehead atoms. The lowest BCUT2D eigenvalue weighted by molar-refractivity contribution is -0.179. The Morgan fingerprint density at radius 2 is 1.56 bits per heavy atom. The van der Waals surface area contributed by atoms with Gasteiger partial charge in [-0.1, -0.05) is 51.4 Å². The largest absolute Gasteiger partial charge is 0.479 e. The van der Waals surface area contributed by atoms with Crippen molar-refractivity contribution in [2.24, 2.45) is 11.8 Å². The van der Waals surface area contributed by atoms with Crippen LogP contribution >= 0.6 is 11.6 Å². The van der Waals surface area contributed by atoms with Crippen molar-refractivity contribution >= 4 is 23.5 Å². The van der Waals surface area contributed by atoms with Gasteiger partial charge in [0.15, 0.2) is 0 Å². The number of hydrogen-bond acceptors (Lipinski definition) is 2. The molecule has 0 aliphatic carbocycles. The number of alkyl halides is 3. The molecule has 0 aliphatic rings. The van der Waals surface area contributed by atoms with Crippen LogP contribution < -0.4 is 5.32 Å². The van der Waals surface area contributed by atoms with Crippen molar-refractivity contribution in [3.63, 3.8) is 0 Å². The molecule has 0 spiro atoms. The third-order valence-electron chi connectivity index (χ3n) is 4.23. The Bertz CT molecular complexity index is 629. The summed E-state index contributed by atoms with van der Waals surface area (Å²) in [4.78, 5) is 23.7. The summed E-state index contributed by atoms with van der Waals surface area (Å²) < 4.78 is 38.4. The number of amides is 1. The molecule has 25 heavy (non-hydrogen) atoms. The van der Waals surface area contributed by atoms with Gasteiger partial charge in [0.2, 0.25) is 0 Å². The van der Waals surface area contributed by atoms with Gasteiger partial charge in [0.25, 0.3) is 0 Å². The van der Waals surface area contributed by atoms with Gasteiger partial charge < -0.3 is 10.4 Å². The Hall–Kier alpha value is -1.76. The minimum Gasteiger partial charge on any atom is -0.479 e. The van der Waals surface area contributed by atoms with E-state index >= 15 is 0 Å². The average Bonchev–Trinajstić information content (AvgIpc) is 2.46. The number of rotatable bonds is 6. The van der Waals surface area contributed by atoms with Gasteiger partial charge in [-0.2, -0.15) is 13.2 Å². The molecule has 4 nitrogen and oxygen atoms in total. The van der Waals surface area contributed by atoms with Gasteiger partial charge in [-0.15, -0.1) is 0 Å². The smallest absolute Gasteiger partial charge is 0.471 e. The van der Waals surface area contributed by atoms with Crippen molar-refractivity contribution in [3.8, 4) is 0 Å². The summed E-state index contributed by atoms with van der Waals surface area (Å²) >= 11 is 5.84. The average molecular weight is 380 g/mol. The SMILES string of the molecule is CC(C)C(c1ccc(Cl)cc1)C(NC(=O)C(F)(F)F)(C(=O)O)C(C)C. The molecule has 0 aliphatic heterocycles. The number of carbonyl (C=O) groups is 2. The molecule has 0 saturated carbocycles.